The Labute approximate surface area is 110 Å². The quantitative estimate of drug-likeness (QED) is 0.597. The lowest BCUT2D eigenvalue weighted by Gasteiger charge is -2.26. The Bertz CT molecular complexity index is 480. The van der Waals surface area contributed by atoms with Crippen LogP contribution in [0.1, 0.15) is 29.8 Å². The first-order valence-corrected chi connectivity index (χ1v) is 5.85. The van der Waals surface area contributed by atoms with Gasteiger partial charge in [-0.25, -0.2) is 0 Å². The Morgan fingerprint density at radius 1 is 1.42 bits per heavy atom. The summed E-state index contributed by atoms with van der Waals surface area (Å²) in [7, 11) is 0. The van der Waals surface area contributed by atoms with E-state index in [0.29, 0.717) is 19.4 Å². The molecule has 0 unspecified atom stereocenters. The summed E-state index contributed by atoms with van der Waals surface area (Å²) in [4.78, 5) is 12.2. The number of halogens is 3. The van der Waals surface area contributed by atoms with E-state index in [1.807, 2.05) is 0 Å². The maximum absolute atomic E-state index is 13.0. The third kappa shape index (κ3) is 3.84. The maximum atomic E-state index is 13.0. The Morgan fingerprint density at radius 2 is 2.05 bits per heavy atom. The number of benzene rings is 1. The van der Waals surface area contributed by atoms with Crippen LogP contribution >= 0.6 is 0 Å². The van der Waals surface area contributed by atoms with Crippen LogP contribution < -0.4 is 4.90 Å². The summed E-state index contributed by atoms with van der Waals surface area (Å²) in [5, 5.41) is 0. The molecule has 0 fully saturated rings. The maximum Gasteiger partial charge on any atom is 0.418 e. The second-order valence-electron chi connectivity index (χ2n) is 4.36. The van der Waals surface area contributed by atoms with E-state index >= 15 is 0 Å². The van der Waals surface area contributed by atoms with E-state index in [4.69, 9.17) is 0 Å². The van der Waals surface area contributed by atoms with Gasteiger partial charge in [0.2, 0.25) is 0 Å². The molecular weight excluding hydrogens is 255 g/mol. The molecule has 1 rings (SSSR count). The van der Waals surface area contributed by atoms with Crippen LogP contribution in [0.25, 0.3) is 0 Å². The van der Waals surface area contributed by atoms with Crippen molar-refractivity contribution >= 4 is 12.0 Å². The summed E-state index contributed by atoms with van der Waals surface area (Å²) in [6.45, 7) is 8.02. The van der Waals surface area contributed by atoms with Gasteiger partial charge in [-0.05, 0) is 32.0 Å². The van der Waals surface area contributed by atoms with Gasteiger partial charge in [0.05, 0.1) is 5.56 Å². The van der Waals surface area contributed by atoms with Crippen LogP contribution in [-0.2, 0) is 6.18 Å². The van der Waals surface area contributed by atoms with Crippen LogP contribution in [0.5, 0.6) is 0 Å². The Balaban J connectivity index is 3.32. The van der Waals surface area contributed by atoms with Crippen LogP contribution in [0.15, 0.2) is 30.4 Å². The molecule has 1 aromatic carbocycles. The number of hydrogen-bond acceptors (Lipinski definition) is 2. The van der Waals surface area contributed by atoms with E-state index in [9.17, 15) is 18.0 Å². The van der Waals surface area contributed by atoms with E-state index in [0.717, 1.165) is 11.6 Å². The van der Waals surface area contributed by atoms with E-state index in [1.165, 1.54) is 12.1 Å². The van der Waals surface area contributed by atoms with Gasteiger partial charge in [-0.2, -0.15) is 13.2 Å². The number of nitrogens with zero attached hydrogens (tertiary/aromatic N) is 1. The number of aldehydes is 1. The van der Waals surface area contributed by atoms with Crippen LogP contribution in [0.4, 0.5) is 18.9 Å². The van der Waals surface area contributed by atoms with Crippen LogP contribution in [0.3, 0.4) is 0 Å². The molecule has 1 aromatic rings. The van der Waals surface area contributed by atoms with Crippen molar-refractivity contribution in [2.24, 2.45) is 0 Å². The fourth-order valence-electron chi connectivity index (χ4n) is 1.82. The average Bonchev–Trinajstić information content (AvgIpc) is 2.34. The van der Waals surface area contributed by atoms with E-state index < -0.39 is 11.7 Å². The van der Waals surface area contributed by atoms with Gasteiger partial charge in [0.1, 0.15) is 6.29 Å². The lowest BCUT2D eigenvalue weighted by Crippen LogP contribution is -2.27. The van der Waals surface area contributed by atoms with Crippen molar-refractivity contribution < 1.29 is 18.0 Å². The summed E-state index contributed by atoms with van der Waals surface area (Å²) in [5.41, 5.74) is 0.0701. The normalized spacial score (nSPS) is 11.2. The molecule has 0 N–H and O–H groups in total. The highest BCUT2D eigenvalue weighted by atomic mass is 19.4. The number of rotatable bonds is 5. The van der Waals surface area contributed by atoms with Gasteiger partial charge in [0.15, 0.2) is 0 Å². The lowest BCUT2D eigenvalue weighted by molar-refractivity contribution is -0.137. The monoisotopic (exact) mass is 271 g/mol. The van der Waals surface area contributed by atoms with E-state index in [-0.39, 0.29) is 11.3 Å². The second kappa shape index (κ2) is 5.91. The molecule has 0 saturated carbocycles. The van der Waals surface area contributed by atoms with Gasteiger partial charge in [-0.1, -0.05) is 12.2 Å². The number of anilines is 1. The molecule has 19 heavy (non-hydrogen) atoms. The number of hydrogen-bond donors (Lipinski definition) is 0. The number of carbonyl (C=O) groups excluding carboxylic acids is 1. The Kier molecular flexibility index (Phi) is 4.75. The predicted molar refractivity (Wildman–Crippen MR) is 69.5 cm³/mol. The zero-order chi connectivity index (χ0) is 14.6. The first-order valence-electron chi connectivity index (χ1n) is 5.85. The van der Waals surface area contributed by atoms with Crippen molar-refractivity contribution in [1.29, 1.82) is 0 Å². The fourth-order valence-corrected chi connectivity index (χ4v) is 1.82. The van der Waals surface area contributed by atoms with Gasteiger partial charge in [-0.15, -0.1) is 0 Å². The molecule has 5 heteroatoms. The first kappa shape index (κ1) is 15.3. The molecule has 0 amide bonds. The zero-order valence-corrected chi connectivity index (χ0v) is 10.9. The molecule has 0 aliphatic rings. The minimum Gasteiger partial charge on any atom is -0.367 e. The number of alkyl halides is 3. The van der Waals surface area contributed by atoms with Crippen molar-refractivity contribution in [2.45, 2.75) is 20.0 Å². The minimum absolute atomic E-state index is 0.0162. The largest absolute Gasteiger partial charge is 0.418 e. The van der Waals surface area contributed by atoms with E-state index in [2.05, 4.69) is 6.58 Å². The Hall–Kier alpha value is -1.78. The minimum atomic E-state index is -4.49. The molecule has 0 atom stereocenters. The van der Waals surface area contributed by atoms with Gasteiger partial charge >= 0.3 is 6.18 Å². The van der Waals surface area contributed by atoms with Crippen molar-refractivity contribution in [3.8, 4) is 0 Å². The second-order valence-corrected chi connectivity index (χ2v) is 4.36. The number of likely N-dealkylation sites (N-methyl/N-ethyl adjacent to an activating group) is 1. The highest BCUT2D eigenvalue weighted by Crippen LogP contribution is 2.37. The standard InChI is InChI=1S/C14H16F3NO/c1-4-18(8-10(2)3)13-6-5-11(9-19)7-12(13)14(15,16)17/h5-7,9H,2,4,8H2,1,3H3. The highest BCUT2D eigenvalue weighted by Gasteiger charge is 2.35. The van der Waals surface area contributed by atoms with Crippen LogP contribution in [0.2, 0.25) is 0 Å². The van der Waals surface area contributed by atoms with Gasteiger partial charge in [0.25, 0.3) is 0 Å². The third-order valence-electron chi connectivity index (χ3n) is 2.65. The third-order valence-corrected chi connectivity index (χ3v) is 2.65. The summed E-state index contributed by atoms with van der Waals surface area (Å²) in [6.07, 6.45) is -4.08. The van der Waals surface area contributed by atoms with Crippen LogP contribution in [0, 0.1) is 0 Å². The first-order chi connectivity index (χ1) is 8.79. The van der Waals surface area contributed by atoms with E-state index in [1.54, 1.807) is 18.7 Å². The topological polar surface area (TPSA) is 20.3 Å². The number of carbonyl (C=O) groups is 1. The molecule has 0 saturated heterocycles. The van der Waals surface area contributed by atoms with Gasteiger partial charge in [-0.3, -0.25) is 4.79 Å². The molecular formula is C14H16F3NO. The molecule has 0 bridgehead atoms. The molecule has 0 aliphatic carbocycles. The molecule has 0 heterocycles. The van der Waals surface area contributed by atoms with Crippen LogP contribution in [-0.4, -0.2) is 19.4 Å². The zero-order valence-electron chi connectivity index (χ0n) is 10.9. The summed E-state index contributed by atoms with van der Waals surface area (Å²) < 4.78 is 39.1. The molecule has 0 spiro atoms. The average molecular weight is 271 g/mol. The molecule has 0 aliphatic heterocycles. The van der Waals surface area contributed by atoms with Crippen molar-refractivity contribution in [3.63, 3.8) is 0 Å². The highest BCUT2D eigenvalue weighted by molar-refractivity contribution is 5.77. The fraction of sp³-hybridized carbons (Fsp3) is 0.357. The SMILES string of the molecule is C=C(C)CN(CC)c1ccc(C=O)cc1C(F)(F)F. The Morgan fingerprint density at radius 3 is 2.47 bits per heavy atom. The predicted octanol–water partition coefficient (Wildman–Crippen LogP) is 3.92. The van der Waals surface area contributed by atoms with Gasteiger partial charge < -0.3 is 4.90 Å². The van der Waals surface area contributed by atoms with Gasteiger partial charge in [0, 0.05) is 24.3 Å². The van der Waals surface area contributed by atoms with Crippen molar-refractivity contribution in [2.75, 3.05) is 18.0 Å². The summed E-state index contributed by atoms with van der Waals surface area (Å²) in [6, 6.07) is 3.60. The molecule has 0 aromatic heterocycles. The molecule has 104 valence electrons. The molecule has 2 nitrogen and oxygen atoms in total. The smallest absolute Gasteiger partial charge is 0.367 e. The van der Waals surface area contributed by atoms with Crippen molar-refractivity contribution in [3.05, 3.63) is 41.5 Å². The lowest BCUT2D eigenvalue weighted by atomic mass is 10.1. The summed E-state index contributed by atoms with van der Waals surface area (Å²) >= 11 is 0. The van der Waals surface area contributed by atoms with Crippen molar-refractivity contribution in [1.82, 2.24) is 0 Å². The molecule has 0 radical (unpaired) electrons. The summed E-state index contributed by atoms with van der Waals surface area (Å²) in [5.74, 6) is 0.